The lowest BCUT2D eigenvalue weighted by Gasteiger charge is -2.48. The first-order chi connectivity index (χ1) is 21.6. The van der Waals surface area contributed by atoms with Gasteiger partial charge in [-0.2, -0.15) is 0 Å². The summed E-state index contributed by atoms with van der Waals surface area (Å²) >= 11 is 6.35. The van der Waals surface area contributed by atoms with E-state index in [4.69, 9.17) is 25.8 Å². The quantitative estimate of drug-likeness (QED) is 0.300. The van der Waals surface area contributed by atoms with Crippen molar-refractivity contribution in [2.24, 2.45) is 23.7 Å². The molecule has 0 radical (unpaired) electrons. The maximum atomic E-state index is 13.4. The van der Waals surface area contributed by atoms with E-state index in [-0.39, 0.29) is 12.0 Å². The Labute approximate surface area is 273 Å². The molecular weight excluding hydrogens is 612 g/mol. The molecule has 1 saturated carbocycles. The highest BCUT2D eigenvalue weighted by atomic mass is 35.5. The second kappa shape index (κ2) is 14.9. The maximum absolute atomic E-state index is 13.4. The van der Waals surface area contributed by atoms with E-state index in [0.29, 0.717) is 60.3 Å². The molecule has 0 spiro atoms. The largest absolute Gasteiger partial charge is 0.487 e. The zero-order valence-corrected chi connectivity index (χ0v) is 28.4. The molecule has 5 rings (SSSR count). The van der Waals surface area contributed by atoms with Gasteiger partial charge in [0.1, 0.15) is 12.4 Å². The number of halogens is 1. The Bertz CT molecular complexity index is 1480. The molecule has 3 aliphatic rings. The first-order valence-electron chi connectivity index (χ1n) is 16.2. The van der Waals surface area contributed by atoms with E-state index in [0.717, 1.165) is 50.0 Å². The number of carbonyl (C=O) groups excluding carboxylic acids is 1. The van der Waals surface area contributed by atoms with Crippen LogP contribution in [0.15, 0.2) is 48.6 Å². The summed E-state index contributed by atoms with van der Waals surface area (Å²) in [6.07, 6.45) is 8.32. The average molecular weight is 659 g/mol. The Morgan fingerprint density at radius 1 is 1.00 bits per heavy atom. The molecule has 45 heavy (non-hydrogen) atoms. The molecule has 246 valence electrons. The van der Waals surface area contributed by atoms with Crippen molar-refractivity contribution in [2.45, 2.75) is 70.8 Å². The molecule has 0 aromatic heterocycles. The average Bonchev–Trinajstić information content (AvgIpc) is 3.03. The number of nitrogens with one attached hydrogen (secondary N) is 1. The molecule has 1 N–H and O–H groups in total. The van der Waals surface area contributed by atoms with Crippen molar-refractivity contribution in [2.75, 3.05) is 38.3 Å². The van der Waals surface area contributed by atoms with Gasteiger partial charge >= 0.3 is 0 Å². The molecule has 6 atom stereocenters. The second-order valence-corrected chi connectivity index (χ2v) is 15.6. The Hall–Kier alpha value is -2.59. The van der Waals surface area contributed by atoms with Gasteiger partial charge in [0.2, 0.25) is 10.0 Å². The number of nitrogens with zero attached hydrogens (tertiary/aromatic N) is 1. The lowest BCUT2D eigenvalue weighted by atomic mass is 9.63. The Kier molecular flexibility index (Phi) is 11.2. The van der Waals surface area contributed by atoms with Crippen molar-refractivity contribution in [3.63, 3.8) is 0 Å². The van der Waals surface area contributed by atoms with E-state index >= 15 is 0 Å². The molecule has 2 aromatic carbocycles. The van der Waals surface area contributed by atoms with Gasteiger partial charge in [0.25, 0.3) is 5.91 Å². The standard InChI is InChI=1S/C35H47ClN2O6S/c1-23-8-12-33(43-16-15-42-4)30-18-24(2)31(30)21-38-14-6-5-7-26-19-29(36)11-9-28(26)22-44-34-13-10-27(20-32(34)38)35(39)37-45(40,41)25(3)17-23/h8-13,19-20,23-25,30-31,33H,5-7,14-18,21-22H2,1-4H3,(H,37,39)/b12-8+/t23-,24+,25+,30+,31+,33-/m0/s1. The molecule has 2 aliphatic heterocycles. The fourth-order valence-corrected chi connectivity index (χ4v) is 8.27. The summed E-state index contributed by atoms with van der Waals surface area (Å²) in [5, 5.41) is -0.0441. The number of aryl methyl sites for hydroxylation is 1. The van der Waals surface area contributed by atoms with Crippen LogP contribution in [0, 0.1) is 23.7 Å². The molecule has 1 aliphatic carbocycles. The van der Waals surface area contributed by atoms with Crippen LogP contribution in [0.2, 0.25) is 5.02 Å². The third kappa shape index (κ3) is 8.23. The van der Waals surface area contributed by atoms with Crippen LogP contribution in [0.25, 0.3) is 0 Å². The first-order valence-corrected chi connectivity index (χ1v) is 18.1. The van der Waals surface area contributed by atoms with E-state index < -0.39 is 21.2 Å². The molecule has 1 fully saturated rings. The fraction of sp³-hybridized carbons (Fsp3) is 0.571. The second-order valence-electron chi connectivity index (χ2n) is 13.0. The number of anilines is 1. The number of carbonyl (C=O) groups is 1. The summed E-state index contributed by atoms with van der Waals surface area (Å²) in [4.78, 5) is 15.7. The summed E-state index contributed by atoms with van der Waals surface area (Å²) in [5.41, 5.74) is 3.36. The van der Waals surface area contributed by atoms with Gasteiger partial charge < -0.3 is 19.1 Å². The third-order valence-corrected chi connectivity index (χ3v) is 11.7. The summed E-state index contributed by atoms with van der Waals surface area (Å²) in [6.45, 7) is 8.86. The third-order valence-electron chi connectivity index (χ3n) is 9.71. The molecule has 2 bridgehead atoms. The number of ether oxygens (including phenoxy) is 3. The van der Waals surface area contributed by atoms with Gasteiger partial charge in [-0.15, -0.1) is 0 Å². The van der Waals surface area contributed by atoms with Crippen molar-refractivity contribution in [3.8, 4) is 5.75 Å². The highest BCUT2D eigenvalue weighted by Crippen LogP contribution is 2.45. The van der Waals surface area contributed by atoms with Crippen molar-refractivity contribution in [3.05, 3.63) is 70.3 Å². The van der Waals surface area contributed by atoms with Crippen LogP contribution in [0.1, 0.15) is 67.9 Å². The fourth-order valence-electron chi connectivity index (χ4n) is 6.94. The number of methoxy groups -OCH3 is 1. The number of sulfonamides is 1. The first kappa shape index (κ1) is 33.8. The molecule has 1 amide bonds. The minimum Gasteiger partial charge on any atom is -0.487 e. The van der Waals surface area contributed by atoms with Gasteiger partial charge in [0.15, 0.2) is 0 Å². The minimum atomic E-state index is -3.90. The molecule has 2 aromatic rings. The predicted molar refractivity (Wildman–Crippen MR) is 179 cm³/mol. The normalized spacial score (nSPS) is 29.5. The summed E-state index contributed by atoms with van der Waals surface area (Å²) < 4.78 is 47.0. The smallest absolute Gasteiger partial charge is 0.264 e. The van der Waals surface area contributed by atoms with Crippen LogP contribution in [0.4, 0.5) is 5.69 Å². The molecular formula is C35H47ClN2O6S. The van der Waals surface area contributed by atoms with Gasteiger partial charge in [-0.05, 0) is 104 Å². The lowest BCUT2D eigenvalue weighted by Crippen LogP contribution is -2.49. The van der Waals surface area contributed by atoms with Crippen molar-refractivity contribution in [1.29, 1.82) is 0 Å². The van der Waals surface area contributed by atoms with Crippen LogP contribution in [-0.4, -0.2) is 59.1 Å². The minimum absolute atomic E-state index is 0.0166. The molecule has 0 unspecified atom stereocenters. The number of rotatable bonds is 4. The number of amides is 1. The number of fused-ring (bicyclic) bond motifs is 3. The highest BCUT2D eigenvalue weighted by Gasteiger charge is 2.43. The van der Waals surface area contributed by atoms with Gasteiger partial charge in [-0.3, -0.25) is 4.79 Å². The van der Waals surface area contributed by atoms with Gasteiger partial charge in [-0.25, -0.2) is 13.1 Å². The molecule has 2 heterocycles. The van der Waals surface area contributed by atoms with Gasteiger partial charge in [0.05, 0.1) is 30.3 Å². The Morgan fingerprint density at radius 3 is 2.60 bits per heavy atom. The van der Waals surface area contributed by atoms with Crippen LogP contribution >= 0.6 is 11.6 Å². The van der Waals surface area contributed by atoms with Crippen molar-refractivity contribution < 1.29 is 27.4 Å². The number of hydrogen-bond acceptors (Lipinski definition) is 7. The maximum Gasteiger partial charge on any atom is 0.264 e. The zero-order chi connectivity index (χ0) is 32.1. The predicted octanol–water partition coefficient (Wildman–Crippen LogP) is 6.41. The van der Waals surface area contributed by atoms with Gasteiger partial charge in [0, 0.05) is 30.8 Å². The summed E-state index contributed by atoms with van der Waals surface area (Å²) in [5.74, 6) is 1.18. The Balaban J connectivity index is 1.55. The van der Waals surface area contributed by atoms with Crippen molar-refractivity contribution >= 4 is 33.2 Å². The zero-order valence-electron chi connectivity index (χ0n) is 26.8. The SMILES string of the molecule is COCCO[C@H]1/C=C/[C@H](C)C[C@@H](C)S(=O)(=O)NC(=O)c2ccc3c(c2)N(CCCCc2cc(Cl)ccc2CO3)C[C@H]2[C@H]1C[C@H]2C. The molecule has 8 nitrogen and oxygen atoms in total. The highest BCUT2D eigenvalue weighted by molar-refractivity contribution is 7.90. The van der Waals surface area contributed by atoms with E-state index in [2.05, 4.69) is 28.7 Å². The summed E-state index contributed by atoms with van der Waals surface area (Å²) in [6, 6.07) is 11.2. The topological polar surface area (TPSA) is 94.2 Å². The van der Waals surface area contributed by atoms with Crippen LogP contribution in [0.5, 0.6) is 5.75 Å². The van der Waals surface area contributed by atoms with E-state index in [9.17, 15) is 13.2 Å². The molecule has 0 saturated heterocycles. The van der Waals surface area contributed by atoms with E-state index in [1.54, 1.807) is 32.2 Å². The van der Waals surface area contributed by atoms with Crippen LogP contribution in [0.3, 0.4) is 0 Å². The lowest BCUT2D eigenvalue weighted by molar-refractivity contribution is -0.0544. The number of hydrogen-bond donors (Lipinski definition) is 1. The number of benzene rings is 2. The Morgan fingerprint density at radius 2 is 1.82 bits per heavy atom. The number of allylic oxidation sites excluding steroid dienone is 1. The molecule has 10 heteroatoms. The van der Waals surface area contributed by atoms with E-state index in [1.165, 1.54) is 5.56 Å². The van der Waals surface area contributed by atoms with Crippen LogP contribution in [-0.2, 0) is 32.5 Å². The summed E-state index contributed by atoms with van der Waals surface area (Å²) in [7, 11) is -2.23. The van der Waals surface area contributed by atoms with Crippen LogP contribution < -0.4 is 14.4 Å². The monoisotopic (exact) mass is 658 g/mol. The van der Waals surface area contributed by atoms with Gasteiger partial charge in [-0.1, -0.05) is 43.7 Å². The van der Waals surface area contributed by atoms with E-state index in [1.807, 2.05) is 25.1 Å². The van der Waals surface area contributed by atoms with Crippen molar-refractivity contribution in [1.82, 2.24) is 4.72 Å².